The number of esters is 1. The number of hydrogen-bond donors (Lipinski definition) is 1. The summed E-state index contributed by atoms with van der Waals surface area (Å²) >= 11 is 0. The van der Waals surface area contributed by atoms with Gasteiger partial charge in [-0.05, 0) is 18.2 Å². The zero-order chi connectivity index (χ0) is 16.7. The molecule has 0 aliphatic carbocycles. The third-order valence-corrected chi connectivity index (χ3v) is 3.02. The molecule has 0 aliphatic heterocycles. The van der Waals surface area contributed by atoms with Crippen LogP contribution >= 0.6 is 0 Å². The number of primary amides is 1. The van der Waals surface area contributed by atoms with Gasteiger partial charge in [-0.1, -0.05) is 30.3 Å². The molecule has 2 aromatic rings. The average Bonchev–Trinajstić information content (AvgIpc) is 2.58. The van der Waals surface area contributed by atoms with Gasteiger partial charge in [-0.3, -0.25) is 4.79 Å². The zero-order valence-corrected chi connectivity index (χ0v) is 12.2. The van der Waals surface area contributed by atoms with E-state index in [4.69, 9.17) is 20.5 Å². The summed E-state index contributed by atoms with van der Waals surface area (Å²) in [5.41, 5.74) is 6.47. The lowest BCUT2D eigenvalue weighted by atomic mass is 10.1. The summed E-state index contributed by atoms with van der Waals surface area (Å²) in [6, 6.07) is 15.2. The number of nitriles is 1. The number of amides is 1. The van der Waals surface area contributed by atoms with Gasteiger partial charge in [-0.2, -0.15) is 5.26 Å². The van der Waals surface area contributed by atoms with Crippen molar-refractivity contribution < 1.29 is 19.1 Å². The predicted molar refractivity (Wildman–Crippen MR) is 81.4 cm³/mol. The molecular formula is C17H14N2O4. The van der Waals surface area contributed by atoms with Gasteiger partial charge >= 0.3 is 5.97 Å². The molecule has 0 spiro atoms. The fraction of sp³-hybridized carbons (Fsp3) is 0.118. The van der Waals surface area contributed by atoms with Crippen molar-refractivity contribution in [1.29, 1.82) is 5.26 Å². The first-order valence-corrected chi connectivity index (χ1v) is 6.77. The molecule has 0 saturated heterocycles. The number of ether oxygens (including phenoxy) is 2. The molecular weight excluding hydrogens is 296 g/mol. The quantitative estimate of drug-likeness (QED) is 0.819. The Balaban J connectivity index is 1.91. The Morgan fingerprint density at radius 2 is 1.78 bits per heavy atom. The maximum Gasteiger partial charge on any atom is 0.344 e. The summed E-state index contributed by atoms with van der Waals surface area (Å²) in [6.45, 7) is -0.387. The number of rotatable bonds is 6. The molecule has 23 heavy (non-hydrogen) atoms. The Labute approximate surface area is 133 Å². The first-order chi connectivity index (χ1) is 11.1. The molecule has 0 saturated carbocycles. The van der Waals surface area contributed by atoms with Gasteiger partial charge in [0, 0.05) is 5.56 Å². The van der Waals surface area contributed by atoms with E-state index >= 15 is 0 Å². The molecule has 6 heteroatoms. The maximum absolute atomic E-state index is 11.7. The first-order valence-electron chi connectivity index (χ1n) is 6.77. The van der Waals surface area contributed by atoms with Crippen LogP contribution in [0.3, 0.4) is 0 Å². The smallest absolute Gasteiger partial charge is 0.344 e. The SMILES string of the molecule is N#Cc1ccccc1COC(=O)COc1ccccc1C(N)=O. The Kier molecular flexibility index (Phi) is 5.31. The Hall–Kier alpha value is -3.33. The van der Waals surface area contributed by atoms with E-state index in [1.807, 2.05) is 6.07 Å². The highest BCUT2D eigenvalue weighted by Gasteiger charge is 2.11. The fourth-order valence-electron chi connectivity index (χ4n) is 1.89. The molecule has 0 unspecified atom stereocenters. The van der Waals surface area contributed by atoms with Crippen LogP contribution in [0, 0.1) is 11.3 Å². The van der Waals surface area contributed by atoms with Gasteiger partial charge < -0.3 is 15.2 Å². The normalized spacial score (nSPS) is 9.70. The minimum Gasteiger partial charge on any atom is -0.481 e. The molecule has 0 heterocycles. The largest absolute Gasteiger partial charge is 0.481 e. The van der Waals surface area contributed by atoms with Crippen molar-refractivity contribution in [3.63, 3.8) is 0 Å². The standard InChI is InChI=1S/C17H14N2O4/c18-9-12-5-1-2-6-13(12)10-23-16(20)11-22-15-8-4-3-7-14(15)17(19)21/h1-8H,10-11H2,(H2,19,21). The highest BCUT2D eigenvalue weighted by atomic mass is 16.6. The molecule has 0 aromatic heterocycles. The van der Waals surface area contributed by atoms with E-state index < -0.39 is 11.9 Å². The Morgan fingerprint density at radius 1 is 1.09 bits per heavy atom. The van der Waals surface area contributed by atoms with Crippen LogP contribution in [0.15, 0.2) is 48.5 Å². The van der Waals surface area contributed by atoms with Crippen LogP contribution in [0.4, 0.5) is 0 Å². The molecule has 2 N–H and O–H groups in total. The number of para-hydroxylation sites is 1. The number of carbonyl (C=O) groups is 2. The molecule has 2 aromatic carbocycles. The van der Waals surface area contributed by atoms with E-state index in [2.05, 4.69) is 0 Å². The number of nitrogens with zero attached hydrogens (tertiary/aromatic N) is 1. The summed E-state index contributed by atoms with van der Waals surface area (Å²) in [6.07, 6.45) is 0. The van der Waals surface area contributed by atoms with Crippen LogP contribution in [0.2, 0.25) is 0 Å². The number of hydrogen-bond acceptors (Lipinski definition) is 5. The molecule has 116 valence electrons. The third-order valence-electron chi connectivity index (χ3n) is 3.02. The van der Waals surface area contributed by atoms with Crippen LogP contribution in [0.5, 0.6) is 5.75 Å². The van der Waals surface area contributed by atoms with Gasteiger partial charge in [0.25, 0.3) is 5.91 Å². The minimum absolute atomic E-state index is 0.0244. The van der Waals surface area contributed by atoms with Crippen molar-refractivity contribution in [2.45, 2.75) is 6.61 Å². The van der Waals surface area contributed by atoms with Crippen LogP contribution in [-0.2, 0) is 16.1 Å². The Bertz CT molecular complexity index is 765. The number of nitrogens with two attached hydrogens (primary N) is 1. The highest BCUT2D eigenvalue weighted by molar-refractivity contribution is 5.95. The topological polar surface area (TPSA) is 102 Å². The van der Waals surface area contributed by atoms with E-state index in [0.29, 0.717) is 11.1 Å². The lowest BCUT2D eigenvalue weighted by Gasteiger charge is -2.10. The van der Waals surface area contributed by atoms with Crippen molar-refractivity contribution in [1.82, 2.24) is 0 Å². The monoisotopic (exact) mass is 310 g/mol. The minimum atomic E-state index is -0.642. The second-order valence-electron chi connectivity index (χ2n) is 4.58. The van der Waals surface area contributed by atoms with Crippen molar-refractivity contribution in [3.8, 4) is 11.8 Å². The summed E-state index contributed by atoms with van der Waals surface area (Å²) < 4.78 is 10.3. The van der Waals surface area contributed by atoms with E-state index in [1.165, 1.54) is 6.07 Å². The van der Waals surface area contributed by atoms with E-state index in [9.17, 15) is 9.59 Å². The van der Waals surface area contributed by atoms with E-state index in [-0.39, 0.29) is 24.5 Å². The molecule has 1 amide bonds. The van der Waals surface area contributed by atoms with Crippen molar-refractivity contribution in [2.24, 2.45) is 5.73 Å². The van der Waals surface area contributed by atoms with Gasteiger partial charge in [0.05, 0.1) is 17.2 Å². The van der Waals surface area contributed by atoms with Crippen molar-refractivity contribution >= 4 is 11.9 Å². The predicted octanol–water partition coefficient (Wildman–Crippen LogP) is 1.78. The van der Waals surface area contributed by atoms with Crippen LogP contribution in [-0.4, -0.2) is 18.5 Å². The third kappa shape index (κ3) is 4.32. The second kappa shape index (κ2) is 7.61. The van der Waals surface area contributed by atoms with Crippen LogP contribution in [0.1, 0.15) is 21.5 Å². The van der Waals surface area contributed by atoms with E-state index in [0.717, 1.165) is 0 Å². The summed E-state index contributed by atoms with van der Waals surface area (Å²) in [7, 11) is 0. The lowest BCUT2D eigenvalue weighted by Crippen LogP contribution is -2.18. The summed E-state index contributed by atoms with van der Waals surface area (Å²) in [5, 5.41) is 8.96. The average molecular weight is 310 g/mol. The maximum atomic E-state index is 11.7. The zero-order valence-electron chi connectivity index (χ0n) is 12.2. The molecule has 2 rings (SSSR count). The van der Waals surface area contributed by atoms with Crippen LogP contribution < -0.4 is 10.5 Å². The van der Waals surface area contributed by atoms with Gasteiger partial charge in [0.15, 0.2) is 6.61 Å². The summed E-state index contributed by atoms with van der Waals surface area (Å²) in [4.78, 5) is 23.0. The lowest BCUT2D eigenvalue weighted by molar-refractivity contribution is -0.147. The van der Waals surface area contributed by atoms with Gasteiger partial charge in [-0.25, -0.2) is 4.79 Å². The van der Waals surface area contributed by atoms with Crippen molar-refractivity contribution in [3.05, 3.63) is 65.2 Å². The van der Waals surface area contributed by atoms with Crippen molar-refractivity contribution in [2.75, 3.05) is 6.61 Å². The second-order valence-corrected chi connectivity index (χ2v) is 4.58. The number of benzene rings is 2. The Morgan fingerprint density at radius 3 is 2.52 bits per heavy atom. The fourth-order valence-corrected chi connectivity index (χ4v) is 1.89. The van der Waals surface area contributed by atoms with Gasteiger partial charge in [-0.15, -0.1) is 0 Å². The highest BCUT2D eigenvalue weighted by Crippen LogP contribution is 2.17. The molecule has 6 nitrogen and oxygen atoms in total. The summed E-state index contributed by atoms with van der Waals surface area (Å²) in [5.74, 6) is -1.04. The number of carbonyl (C=O) groups excluding carboxylic acids is 2. The molecule has 0 fully saturated rings. The van der Waals surface area contributed by atoms with E-state index in [1.54, 1.807) is 42.5 Å². The molecule has 0 bridgehead atoms. The van der Waals surface area contributed by atoms with Crippen LogP contribution in [0.25, 0.3) is 0 Å². The molecule has 0 atom stereocenters. The first kappa shape index (κ1) is 16.0. The molecule has 0 aliphatic rings. The van der Waals surface area contributed by atoms with Gasteiger partial charge in [0.1, 0.15) is 12.4 Å². The van der Waals surface area contributed by atoms with Gasteiger partial charge in [0.2, 0.25) is 0 Å². The molecule has 0 radical (unpaired) electrons.